The van der Waals surface area contributed by atoms with Crippen LogP contribution in [0.2, 0.25) is 0 Å². The van der Waals surface area contributed by atoms with Gasteiger partial charge in [0.25, 0.3) is 5.91 Å². The van der Waals surface area contributed by atoms with E-state index < -0.39 is 6.04 Å². The molecule has 0 fully saturated rings. The van der Waals surface area contributed by atoms with Crippen molar-refractivity contribution in [1.29, 1.82) is 0 Å². The van der Waals surface area contributed by atoms with Crippen molar-refractivity contribution < 1.29 is 14.1 Å². The van der Waals surface area contributed by atoms with Gasteiger partial charge in [0, 0.05) is 23.0 Å². The van der Waals surface area contributed by atoms with E-state index in [0.29, 0.717) is 33.7 Å². The van der Waals surface area contributed by atoms with Gasteiger partial charge in [-0.05, 0) is 44.3 Å². The van der Waals surface area contributed by atoms with Crippen LogP contribution in [0.25, 0.3) is 0 Å². The standard InChI is InChI=1S/C23H22N4O3S/c1-14-13-19(26-30-14)24-22(28)20-15(2)27(16-9-5-4-6-10-16)23(31)25-21(20)17-11-7-8-12-18(17)29-3/h4-13,21H,1-3H3,(H,25,31)(H,24,26,28). The van der Waals surface area contributed by atoms with Gasteiger partial charge >= 0.3 is 0 Å². The van der Waals surface area contributed by atoms with Crippen LogP contribution in [-0.4, -0.2) is 23.3 Å². The van der Waals surface area contributed by atoms with Gasteiger partial charge in [0.15, 0.2) is 10.9 Å². The van der Waals surface area contributed by atoms with Crippen LogP contribution in [0.3, 0.4) is 0 Å². The maximum Gasteiger partial charge on any atom is 0.257 e. The average molecular weight is 435 g/mol. The average Bonchev–Trinajstić information content (AvgIpc) is 3.18. The van der Waals surface area contributed by atoms with Crippen LogP contribution in [0.4, 0.5) is 11.5 Å². The second-order valence-corrected chi connectivity index (χ2v) is 7.46. The molecule has 1 aliphatic rings. The SMILES string of the molecule is COc1ccccc1C1NC(=S)N(c2ccccc2)C(C)=C1C(=O)Nc1cc(C)on1. The Hall–Kier alpha value is -3.65. The smallest absolute Gasteiger partial charge is 0.257 e. The zero-order valence-electron chi connectivity index (χ0n) is 17.4. The number of allylic oxidation sites excluding steroid dienone is 1. The minimum atomic E-state index is -0.503. The molecule has 1 aromatic heterocycles. The molecule has 7 nitrogen and oxygen atoms in total. The molecule has 1 amide bonds. The van der Waals surface area contributed by atoms with Crippen LogP contribution < -0.4 is 20.3 Å². The molecule has 0 aliphatic carbocycles. The normalized spacial score (nSPS) is 16.2. The van der Waals surface area contributed by atoms with Crippen LogP contribution >= 0.6 is 12.2 Å². The van der Waals surface area contributed by atoms with Gasteiger partial charge in [-0.15, -0.1) is 0 Å². The van der Waals surface area contributed by atoms with Crippen molar-refractivity contribution in [3.8, 4) is 5.75 Å². The van der Waals surface area contributed by atoms with E-state index in [9.17, 15) is 4.79 Å². The Kier molecular flexibility index (Phi) is 5.73. The summed E-state index contributed by atoms with van der Waals surface area (Å²) in [5.41, 5.74) is 2.88. The van der Waals surface area contributed by atoms with E-state index in [-0.39, 0.29) is 5.91 Å². The molecule has 1 atom stereocenters. The summed E-state index contributed by atoms with van der Waals surface area (Å²) in [5.74, 6) is 1.31. The van der Waals surface area contributed by atoms with Gasteiger partial charge in [0.05, 0.1) is 18.7 Å². The lowest BCUT2D eigenvalue weighted by Crippen LogP contribution is -2.48. The summed E-state index contributed by atoms with van der Waals surface area (Å²) in [5, 5.41) is 10.5. The van der Waals surface area contributed by atoms with Crippen LogP contribution in [0.1, 0.15) is 24.3 Å². The molecule has 0 radical (unpaired) electrons. The quantitative estimate of drug-likeness (QED) is 0.578. The minimum Gasteiger partial charge on any atom is -0.496 e. The Labute approximate surface area is 185 Å². The zero-order chi connectivity index (χ0) is 22.0. The molecule has 3 aromatic rings. The van der Waals surface area contributed by atoms with E-state index >= 15 is 0 Å². The number of benzene rings is 2. The van der Waals surface area contributed by atoms with Crippen molar-refractivity contribution in [1.82, 2.24) is 10.5 Å². The number of aromatic nitrogens is 1. The maximum atomic E-state index is 13.5. The summed E-state index contributed by atoms with van der Waals surface area (Å²) in [6.07, 6.45) is 0. The number of hydrogen-bond acceptors (Lipinski definition) is 5. The molecule has 2 aromatic carbocycles. The first-order valence-corrected chi connectivity index (χ1v) is 10.1. The topological polar surface area (TPSA) is 79.6 Å². The lowest BCUT2D eigenvalue weighted by atomic mass is 9.93. The Morgan fingerprint density at radius 1 is 1.16 bits per heavy atom. The van der Waals surface area contributed by atoms with Crippen molar-refractivity contribution in [2.24, 2.45) is 0 Å². The molecule has 0 bridgehead atoms. The molecule has 0 spiro atoms. The number of carbonyl (C=O) groups excluding carboxylic acids is 1. The molecule has 1 aliphatic heterocycles. The largest absolute Gasteiger partial charge is 0.496 e. The summed E-state index contributed by atoms with van der Waals surface area (Å²) in [6.45, 7) is 3.65. The number of methoxy groups -OCH3 is 1. The fourth-order valence-electron chi connectivity index (χ4n) is 3.67. The lowest BCUT2D eigenvalue weighted by Gasteiger charge is -2.38. The number of amides is 1. The summed E-state index contributed by atoms with van der Waals surface area (Å²) >= 11 is 5.70. The molecule has 158 valence electrons. The van der Waals surface area contributed by atoms with E-state index in [4.69, 9.17) is 21.5 Å². The Balaban J connectivity index is 1.83. The van der Waals surface area contributed by atoms with E-state index in [1.54, 1.807) is 20.1 Å². The van der Waals surface area contributed by atoms with Gasteiger partial charge in [0.2, 0.25) is 0 Å². The number of para-hydroxylation sites is 2. The number of aryl methyl sites for hydroxylation is 1. The van der Waals surface area contributed by atoms with Gasteiger partial charge in [0.1, 0.15) is 11.5 Å². The molecule has 0 saturated heterocycles. The van der Waals surface area contributed by atoms with Crippen LogP contribution in [-0.2, 0) is 4.79 Å². The second-order valence-electron chi connectivity index (χ2n) is 7.07. The molecule has 8 heteroatoms. The van der Waals surface area contributed by atoms with Gasteiger partial charge in [-0.25, -0.2) is 0 Å². The number of nitrogens with one attached hydrogen (secondary N) is 2. The van der Waals surface area contributed by atoms with Crippen molar-refractivity contribution >= 4 is 34.7 Å². The van der Waals surface area contributed by atoms with E-state index in [0.717, 1.165) is 11.3 Å². The highest BCUT2D eigenvalue weighted by molar-refractivity contribution is 7.80. The Bertz CT molecular complexity index is 1160. The van der Waals surface area contributed by atoms with Gasteiger partial charge in [-0.2, -0.15) is 0 Å². The molecule has 4 rings (SSSR count). The first-order valence-electron chi connectivity index (χ1n) is 9.73. The molecule has 2 heterocycles. The van der Waals surface area contributed by atoms with Gasteiger partial charge < -0.3 is 19.9 Å². The molecular weight excluding hydrogens is 412 g/mol. The molecule has 0 saturated carbocycles. The van der Waals surface area contributed by atoms with Crippen molar-refractivity contribution in [3.05, 3.63) is 83.3 Å². The fraction of sp³-hybridized carbons (Fsp3) is 0.174. The van der Waals surface area contributed by atoms with Crippen molar-refractivity contribution in [2.75, 3.05) is 17.3 Å². The highest BCUT2D eigenvalue weighted by Crippen LogP contribution is 2.37. The van der Waals surface area contributed by atoms with Crippen molar-refractivity contribution in [3.63, 3.8) is 0 Å². The number of hydrogen-bond donors (Lipinski definition) is 2. The summed E-state index contributed by atoms with van der Waals surface area (Å²) < 4.78 is 10.6. The van der Waals surface area contributed by atoms with E-state index in [2.05, 4.69) is 15.8 Å². The number of carbonyl (C=O) groups is 1. The third kappa shape index (κ3) is 4.02. The maximum absolute atomic E-state index is 13.5. The van der Waals surface area contributed by atoms with Crippen LogP contribution in [0.5, 0.6) is 5.75 Å². The first-order chi connectivity index (χ1) is 15.0. The number of anilines is 2. The fourth-order valence-corrected chi connectivity index (χ4v) is 4.03. The van der Waals surface area contributed by atoms with E-state index in [1.165, 1.54) is 0 Å². The molecule has 31 heavy (non-hydrogen) atoms. The monoisotopic (exact) mass is 434 g/mol. The molecule has 2 N–H and O–H groups in total. The van der Waals surface area contributed by atoms with Gasteiger partial charge in [-0.1, -0.05) is 41.6 Å². The third-order valence-corrected chi connectivity index (χ3v) is 5.36. The Morgan fingerprint density at radius 2 is 1.87 bits per heavy atom. The highest BCUT2D eigenvalue weighted by Gasteiger charge is 2.36. The van der Waals surface area contributed by atoms with Crippen molar-refractivity contribution in [2.45, 2.75) is 19.9 Å². The number of ether oxygens (including phenoxy) is 1. The minimum absolute atomic E-state index is 0.308. The summed E-state index contributed by atoms with van der Waals surface area (Å²) in [6, 6.07) is 18.4. The first kappa shape index (κ1) is 20.6. The third-order valence-electron chi connectivity index (χ3n) is 5.06. The summed E-state index contributed by atoms with van der Waals surface area (Å²) in [4.78, 5) is 15.3. The Morgan fingerprint density at radius 3 is 2.55 bits per heavy atom. The second kappa shape index (κ2) is 8.61. The highest BCUT2D eigenvalue weighted by atomic mass is 32.1. The molecule has 1 unspecified atom stereocenters. The zero-order valence-corrected chi connectivity index (χ0v) is 18.2. The predicted octanol–water partition coefficient (Wildman–Crippen LogP) is 4.34. The predicted molar refractivity (Wildman–Crippen MR) is 123 cm³/mol. The van der Waals surface area contributed by atoms with Crippen LogP contribution in [0, 0.1) is 6.92 Å². The number of thiocarbonyl (C=S) groups is 1. The number of rotatable bonds is 5. The summed E-state index contributed by atoms with van der Waals surface area (Å²) in [7, 11) is 1.60. The van der Waals surface area contributed by atoms with Gasteiger partial charge in [-0.3, -0.25) is 9.69 Å². The number of nitrogens with zero attached hydrogens (tertiary/aromatic N) is 2. The van der Waals surface area contributed by atoms with E-state index in [1.807, 2.05) is 66.4 Å². The van der Waals surface area contributed by atoms with Crippen LogP contribution in [0.15, 0.2) is 76.5 Å². The lowest BCUT2D eigenvalue weighted by molar-refractivity contribution is -0.113. The molecular formula is C23H22N4O3S.